The number of amides is 1. The molecule has 0 spiro atoms. The number of nitrogens with one attached hydrogen (secondary N) is 2. The summed E-state index contributed by atoms with van der Waals surface area (Å²) in [5.41, 5.74) is 0.382. The third kappa shape index (κ3) is 6.28. The predicted molar refractivity (Wildman–Crippen MR) is 128 cm³/mol. The highest BCUT2D eigenvalue weighted by atomic mass is 35.5. The molecule has 0 saturated carbocycles. The third-order valence-corrected chi connectivity index (χ3v) is 6.19. The number of aromatic nitrogens is 2. The average molecular weight is 515 g/mol. The Labute approximate surface area is 205 Å². The van der Waals surface area contributed by atoms with Gasteiger partial charge >= 0.3 is 0 Å². The van der Waals surface area contributed by atoms with Crippen LogP contribution in [0.3, 0.4) is 0 Å². The molecule has 0 unspecified atom stereocenters. The molecule has 0 bridgehead atoms. The van der Waals surface area contributed by atoms with Crippen molar-refractivity contribution in [1.82, 2.24) is 10.2 Å². The van der Waals surface area contributed by atoms with Gasteiger partial charge in [-0.2, -0.15) is 0 Å². The van der Waals surface area contributed by atoms with Gasteiger partial charge in [0, 0.05) is 5.69 Å². The first-order valence-corrected chi connectivity index (χ1v) is 12.0. The molecule has 2 aromatic heterocycles. The average Bonchev–Trinajstić information content (AvgIpc) is 3.34. The second kappa shape index (κ2) is 10.5. The lowest BCUT2D eigenvalue weighted by atomic mass is 10.3. The Morgan fingerprint density at radius 1 is 0.943 bits per heavy atom. The van der Waals surface area contributed by atoms with Crippen LogP contribution in [0.25, 0.3) is 0 Å². The summed E-state index contributed by atoms with van der Waals surface area (Å²) in [4.78, 5) is 12.5. The number of anilines is 2. The Morgan fingerprint density at radius 3 is 2.31 bits per heavy atom. The van der Waals surface area contributed by atoms with Gasteiger partial charge in [0.2, 0.25) is 0 Å². The van der Waals surface area contributed by atoms with Gasteiger partial charge < -0.3 is 19.2 Å². The van der Waals surface area contributed by atoms with Crippen molar-refractivity contribution in [2.45, 2.75) is 11.5 Å². The van der Waals surface area contributed by atoms with Crippen molar-refractivity contribution < 1.29 is 27.1 Å². The molecule has 12 heteroatoms. The fourth-order valence-electron chi connectivity index (χ4n) is 2.88. The molecule has 2 heterocycles. The fraction of sp³-hybridized carbons (Fsp3) is 0.0870. The maximum atomic E-state index is 12.5. The molecule has 0 aliphatic carbocycles. The topological polar surface area (TPSA) is 133 Å². The molecule has 2 aromatic carbocycles. The number of rotatable bonds is 9. The first-order chi connectivity index (χ1) is 16.8. The van der Waals surface area contributed by atoms with Crippen LogP contribution in [-0.2, 0) is 16.6 Å². The molecule has 4 aromatic rings. The molecule has 2 N–H and O–H groups in total. The zero-order valence-corrected chi connectivity index (χ0v) is 19.8. The standard InChI is InChI=1S/C23H19ClN4O6S/c1-32-16-4-6-17(7-5-16)33-14-18-8-11-20(34-18)23(29)25-15-2-9-19(10-3-15)35(30,31)28-22-13-12-21(24)26-27-22/h2-13H,14H2,1H3,(H,25,29)(H,27,28). The van der Waals surface area contributed by atoms with Crippen LogP contribution < -0.4 is 19.5 Å². The van der Waals surface area contributed by atoms with Gasteiger partial charge in [-0.05, 0) is 72.8 Å². The van der Waals surface area contributed by atoms with Gasteiger partial charge in [-0.3, -0.25) is 9.52 Å². The second-order valence-electron chi connectivity index (χ2n) is 7.06. The van der Waals surface area contributed by atoms with E-state index in [-0.39, 0.29) is 28.2 Å². The van der Waals surface area contributed by atoms with Gasteiger partial charge in [-0.25, -0.2) is 8.42 Å². The van der Waals surface area contributed by atoms with Crippen molar-refractivity contribution in [2.24, 2.45) is 0 Å². The summed E-state index contributed by atoms with van der Waals surface area (Å²) in [6, 6.07) is 18.6. The highest BCUT2D eigenvalue weighted by molar-refractivity contribution is 7.92. The van der Waals surface area contributed by atoms with E-state index in [1.165, 1.54) is 42.5 Å². The molecule has 0 fully saturated rings. The van der Waals surface area contributed by atoms with E-state index in [2.05, 4.69) is 20.2 Å². The molecule has 10 nitrogen and oxygen atoms in total. The summed E-state index contributed by atoms with van der Waals surface area (Å²) in [6.45, 7) is 0.136. The summed E-state index contributed by atoms with van der Waals surface area (Å²) in [6.07, 6.45) is 0. The zero-order valence-electron chi connectivity index (χ0n) is 18.3. The Bertz CT molecular complexity index is 1410. The smallest absolute Gasteiger partial charge is 0.291 e. The second-order valence-corrected chi connectivity index (χ2v) is 9.13. The summed E-state index contributed by atoms with van der Waals surface area (Å²) in [5, 5.41) is 10.0. The third-order valence-electron chi connectivity index (χ3n) is 4.62. The number of methoxy groups -OCH3 is 1. The molecule has 0 aliphatic rings. The SMILES string of the molecule is COc1ccc(OCc2ccc(C(=O)Nc3ccc(S(=O)(=O)Nc4ccc(Cl)nn4)cc3)o2)cc1. The molecule has 180 valence electrons. The zero-order chi connectivity index (χ0) is 24.8. The van der Waals surface area contributed by atoms with Crippen LogP contribution in [-0.4, -0.2) is 31.6 Å². The maximum absolute atomic E-state index is 12.5. The lowest BCUT2D eigenvalue weighted by Gasteiger charge is -2.08. The Morgan fingerprint density at radius 2 is 1.66 bits per heavy atom. The largest absolute Gasteiger partial charge is 0.497 e. The number of carbonyl (C=O) groups is 1. The predicted octanol–water partition coefficient (Wildman–Crippen LogP) is 4.36. The normalized spacial score (nSPS) is 11.0. The molecule has 0 saturated heterocycles. The van der Waals surface area contributed by atoms with Gasteiger partial charge in [-0.1, -0.05) is 11.6 Å². The van der Waals surface area contributed by atoms with Crippen LogP contribution in [0.4, 0.5) is 11.5 Å². The van der Waals surface area contributed by atoms with E-state index in [0.717, 1.165) is 0 Å². The van der Waals surface area contributed by atoms with E-state index < -0.39 is 15.9 Å². The number of halogens is 1. The van der Waals surface area contributed by atoms with Crippen LogP contribution >= 0.6 is 11.6 Å². The molecule has 1 amide bonds. The molecule has 0 radical (unpaired) electrons. The number of hydrogen-bond donors (Lipinski definition) is 2. The van der Waals surface area contributed by atoms with Crippen molar-refractivity contribution in [3.05, 3.63) is 89.5 Å². The number of carbonyl (C=O) groups excluding carboxylic acids is 1. The quantitative estimate of drug-likeness (QED) is 0.336. The van der Waals surface area contributed by atoms with E-state index in [1.54, 1.807) is 37.4 Å². The summed E-state index contributed by atoms with van der Waals surface area (Å²) in [5.74, 6) is 1.41. The van der Waals surface area contributed by atoms with Crippen LogP contribution in [0.15, 0.2) is 82.1 Å². The monoisotopic (exact) mass is 514 g/mol. The van der Waals surface area contributed by atoms with Gasteiger partial charge in [0.05, 0.1) is 12.0 Å². The first kappa shape index (κ1) is 24.0. The lowest BCUT2D eigenvalue weighted by molar-refractivity contribution is 0.0992. The Hall–Kier alpha value is -4.09. The van der Waals surface area contributed by atoms with Crippen LogP contribution in [0.2, 0.25) is 5.15 Å². The van der Waals surface area contributed by atoms with E-state index in [4.69, 9.17) is 25.5 Å². The maximum Gasteiger partial charge on any atom is 0.291 e. The summed E-state index contributed by atoms with van der Waals surface area (Å²) >= 11 is 5.65. The van der Waals surface area contributed by atoms with Gasteiger partial charge in [0.1, 0.15) is 23.9 Å². The van der Waals surface area contributed by atoms with Crippen molar-refractivity contribution in [1.29, 1.82) is 0 Å². The van der Waals surface area contributed by atoms with Crippen molar-refractivity contribution in [3.8, 4) is 11.5 Å². The molecule has 0 atom stereocenters. The van der Waals surface area contributed by atoms with Gasteiger partial charge in [0.15, 0.2) is 16.7 Å². The Kier molecular flexibility index (Phi) is 7.18. The first-order valence-electron chi connectivity index (χ1n) is 10.1. The molecule has 0 aliphatic heterocycles. The molecule has 4 rings (SSSR count). The number of hydrogen-bond acceptors (Lipinski definition) is 8. The minimum Gasteiger partial charge on any atom is -0.497 e. The Balaban J connectivity index is 1.34. The van der Waals surface area contributed by atoms with Crippen LogP contribution in [0, 0.1) is 0 Å². The van der Waals surface area contributed by atoms with Crippen molar-refractivity contribution >= 4 is 39.0 Å². The van der Waals surface area contributed by atoms with Gasteiger partial charge in [-0.15, -0.1) is 10.2 Å². The highest BCUT2D eigenvalue weighted by Gasteiger charge is 2.16. The van der Waals surface area contributed by atoms with Crippen molar-refractivity contribution in [3.63, 3.8) is 0 Å². The fourth-order valence-corrected chi connectivity index (χ4v) is 3.98. The number of furan rings is 1. The number of benzene rings is 2. The molecular formula is C23H19ClN4O6S. The van der Waals surface area contributed by atoms with E-state index in [9.17, 15) is 13.2 Å². The summed E-state index contributed by atoms with van der Waals surface area (Å²) < 4.78 is 43.6. The van der Waals surface area contributed by atoms with E-state index >= 15 is 0 Å². The lowest BCUT2D eigenvalue weighted by Crippen LogP contribution is -2.15. The molecular weight excluding hydrogens is 496 g/mol. The van der Waals surface area contributed by atoms with E-state index in [0.29, 0.717) is 22.9 Å². The van der Waals surface area contributed by atoms with E-state index in [1.807, 2.05) is 0 Å². The van der Waals surface area contributed by atoms with Crippen LogP contribution in [0.1, 0.15) is 16.3 Å². The number of ether oxygens (including phenoxy) is 2. The summed E-state index contributed by atoms with van der Waals surface area (Å²) in [7, 11) is -2.32. The van der Waals surface area contributed by atoms with Crippen LogP contribution in [0.5, 0.6) is 11.5 Å². The number of sulfonamides is 1. The van der Waals surface area contributed by atoms with Crippen molar-refractivity contribution in [2.75, 3.05) is 17.1 Å². The minimum absolute atomic E-state index is 0.0244. The van der Waals surface area contributed by atoms with Gasteiger partial charge in [0.25, 0.3) is 15.9 Å². The highest BCUT2D eigenvalue weighted by Crippen LogP contribution is 2.20. The molecule has 35 heavy (non-hydrogen) atoms. The number of nitrogens with zero attached hydrogens (tertiary/aromatic N) is 2. The minimum atomic E-state index is -3.90.